The highest BCUT2D eigenvalue weighted by Crippen LogP contribution is 1.96. The highest BCUT2D eigenvalue weighted by molar-refractivity contribution is 6.25. The van der Waals surface area contributed by atoms with Crippen LogP contribution in [-0.2, 0) is 4.74 Å². The molecule has 0 rings (SSSR count). The monoisotopic (exact) mass is 205 g/mol. The average molecular weight is 206 g/mol. The summed E-state index contributed by atoms with van der Waals surface area (Å²) in [6.07, 6.45) is 1.05. The molecule has 0 saturated heterocycles. The lowest BCUT2D eigenvalue weighted by atomic mass is 10.3. The van der Waals surface area contributed by atoms with Gasteiger partial charge in [-0.2, -0.15) is 0 Å². The van der Waals surface area contributed by atoms with Crippen LogP contribution in [0.15, 0.2) is 11.1 Å². The lowest BCUT2D eigenvalue weighted by molar-refractivity contribution is 0.153. The van der Waals surface area contributed by atoms with E-state index < -0.39 is 0 Å². The Bertz CT molecular complexity index is 146. The van der Waals surface area contributed by atoms with Crippen molar-refractivity contribution in [1.29, 1.82) is 0 Å². The molecule has 1 N–H and O–H groups in total. The summed E-state index contributed by atoms with van der Waals surface area (Å²) in [4.78, 5) is 0. The van der Waals surface area contributed by atoms with Crippen molar-refractivity contribution in [1.82, 2.24) is 5.32 Å². The molecule has 0 unspecified atom stereocenters. The third-order valence-electron chi connectivity index (χ3n) is 1.53. The maximum atomic E-state index is 5.48. The van der Waals surface area contributed by atoms with Crippen molar-refractivity contribution in [3.8, 4) is 0 Å². The van der Waals surface area contributed by atoms with E-state index in [9.17, 15) is 0 Å². The summed E-state index contributed by atoms with van der Waals surface area (Å²) >= 11 is 5.48. The average Bonchev–Trinajstić information content (AvgIpc) is 2.10. The molecule has 0 spiro atoms. The van der Waals surface area contributed by atoms with Gasteiger partial charge in [-0.15, -0.1) is 0 Å². The summed E-state index contributed by atoms with van der Waals surface area (Å²) in [5.74, 6) is 0. The molecule has 13 heavy (non-hydrogen) atoms. The second-order valence-electron chi connectivity index (χ2n) is 3.47. The van der Waals surface area contributed by atoms with E-state index in [1.54, 1.807) is 5.54 Å². The van der Waals surface area contributed by atoms with Gasteiger partial charge in [0, 0.05) is 18.2 Å². The molecule has 0 amide bonds. The molecule has 3 heteroatoms. The molecule has 0 aromatic rings. The van der Waals surface area contributed by atoms with Crippen molar-refractivity contribution in [3.63, 3.8) is 0 Å². The lowest BCUT2D eigenvalue weighted by Gasteiger charge is -2.08. The zero-order valence-corrected chi connectivity index (χ0v) is 9.53. The third kappa shape index (κ3) is 9.87. The molecule has 0 bridgehead atoms. The number of halogens is 1. The number of hydrogen-bond acceptors (Lipinski definition) is 2. The Hall–Kier alpha value is -0.0500. The largest absolute Gasteiger partial charge is 0.377 e. The molecular formula is C10H20ClNO. The minimum atomic E-state index is 0.560. The fraction of sp³-hybridized carbons (Fsp3) is 0.800. The summed E-state index contributed by atoms with van der Waals surface area (Å²) in [5, 5.41) is 3.33. The van der Waals surface area contributed by atoms with Gasteiger partial charge in [0.05, 0.1) is 6.61 Å². The Morgan fingerprint density at radius 3 is 2.77 bits per heavy atom. The summed E-state index contributed by atoms with van der Waals surface area (Å²) in [6.45, 7) is 8.69. The van der Waals surface area contributed by atoms with E-state index in [2.05, 4.69) is 19.2 Å². The van der Waals surface area contributed by atoms with Gasteiger partial charge in [-0.05, 0) is 25.5 Å². The van der Waals surface area contributed by atoms with Crippen molar-refractivity contribution in [2.45, 2.75) is 33.2 Å². The molecule has 78 valence electrons. The Balaban J connectivity index is 3.09. The number of rotatable bonds is 7. The Morgan fingerprint density at radius 1 is 1.54 bits per heavy atom. The molecular weight excluding hydrogens is 186 g/mol. The summed E-state index contributed by atoms with van der Waals surface area (Å²) in [6, 6.07) is 0.560. The van der Waals surface area contributed by atoms with Gasteiger partial charge in [-0.25, -0.2) is 0 Å². The van der Waals surface area contributed by atoms with Crippen molar-refractivity contribution >= 4 is 11.6 Å². The van der Waals surface area contributed by atoms with Crippen LogP contribution in [0.3, 0.4) is 0 Å². The molecule has 0 radical (unpaired) electrons. The van der Waals surface area contributed by atoms with Crippen molar-refractivity contribution in [2.75, 3.05) is 19.8 Å². The molecule has 0 fully saturated rings. The second kappa shape index (κ2) is 8.54. The molecule has 0 saturated carbocycles. The highest BCUT2D eigenvalue weighted by atomic mass is 35.5. The first-order valence-corrected chi connectivity index (χ1v) is 5.17. The van der Waals surface area contributed by atoms with Crippen LogP contribution in [-0.4, -0.2) is 25.8 Å². The summed E-state index contributed by atoms with van der Waals surface area (Å²) < 4.78 is 5.38. The summed E-state index contributed by atoms with van der Waals surface area (Å²) in [7, 11) is 0. The van der Waals surface area contributed by atoms with Crippen LogP contribution in [0.5, 0.6) is 0 Å². The van der Waals surface area contributed by atoms with Crippen molar-refractivity contribution in [2.24, 2.45) is 0 Å². The fourth-order valence-electron chi connectivity index (χ4n) is 0.830. The standard InChI is InChI=1S/C10H20ClNO/c1-9(2)12-5-4-6-13-8-10(3)7-11/h7,9,12H,4-6,8H2,1-3H3. The normalized spacial score (nSPS) is 12.5. The van der Waals surface area contributed by atoms with Crippen LogP contribution in [0.25, 0.3) is 0 Å². The fourth-order valence-corrected chi connectivity index (χ4v) is 0.893. The van der Waals surface area contributed by atoms with Gasteiger partial charge in [0.15, 0.2) is 0 Å². The second-order valence-corrected chi connectivity index (χ2v) is 3.69. The van der Waals surface area contributed by atoms with Crippen LogP contribution in [0.2, 0.25) is 0 Å². The minimum Gasteiger partial charge on any atom is -0.377 e. The Morgan fingerprint density at radius 2 is 2.23 bits per heavy atom. The van der Waals surface area contributed by atoms with E-state index in [1.807, 2.05) is 6.92 Å². The van der Waals surface area contributed by atoms with Crippen LogP contribution in [0.1, 0.15) is 27.2 Å². The smallest absolute Gasteiger partial charge is 0.0685 e. The maximum Gasteiger partial charge on any atom is 0.0685 e. The van der Waals surface area contributed by atoms with Crippen LogP contribution < -0.4 is 5.32 Å². The number of hydrogen-bond donors (Lipinski definition) is 1. The molecule has 0 atom stereocenters. The maximum absolute atomic E-state index is 5.48. The predicted octanol–water partition coefficient (Wildman–Crippen LogP) is 2.53. The molecule has 0 heterocycles. The third-order valence-corrected chi connectivity index (χ3v) is 1.91. The van der Waals surface area contributed by atoms with Crippen molar-refractivity contribution < 1.29 is 4.74 Å². The van der Waals surface area contributed by atoms with Gasteiger partial charge in [0.1, 0.15) is 0 Å². The lowest BCUT2D eigenvalue weighted by Crippen LogP contribution is -2.24. The van der Waals surface area contributed by atoms with E-state index in [0.29, 0.717) is 12.6 Å². The molecule has 0 aliphatic carbocycles. The quantitative estimate of drug-likeness (QED) is 0.645. The predicted molar refractivity (Wildman–Crippen MR) is 58.2 cm³/mol. The minimum absolute atomic E-state index is 0.560. The van der Waals surface area contributed by atoms with Gasteiger partial charge in [0.2, 0.25) is 0 Å². The van der Waals surface area contributed by atoms with E-state index in [0.717, 1.165) is 25.1 Å². The van der Waals surface area contributed by atoms with Crippen molar-refractivity contribution in [3.05, 3.63) is 11.1 Å². The Labute approximate surface area is 86.3 Å². The molecule has 0 aliphatic rings. The van der Waals surface area contributed by atoms with Crippen LogP contribution >= 0.6 is 11.6 Å². The molecule has 0 aromatic heterocycles. The van der Waals surface area contributed by atoms with E-state index in [-0.39, 0.29) is 0 Å². The number of nitrogens with one attached hydrogen (secondary N) is 1. The first kappa shape index (κ1) is 12.9. The first-order chi connectivity index (χ1) is 6.16. The SMILES string of the molecule is CC(=CCl)COCCCNC(C)C. The summed E-state index contributed by atoms with van der Waals surface area (Å²) in [5.41, 5.74) is 2.63. The van der Waals surface area contributed by atoms with E-state index >= 15 is 0 Å². The van der Waals surface area contributed by atoms with Gasteiger partial charge < -0.3 is 10.1 Å². The van der Waals surface area contributed by atoms with Gasteiger partial charge >= 0.3 is 0 Å². The first-order valence-electron chi connectivity index (χ1n) is 4.73. The zero-order chi connectivity index (χ0) is 10.1. The topological polar surface area (TPSA) is 21.3 Å². The molecule has 0 aliphatic heterocycles. The van der Waals surface area contributed by atoms with Gasteiger partial charge in [0.25, 0.3) is 0 Å². The van der Waals surface area contributed by atoms with E-state index in [1.165, 1.54) is 0 Å². The Kier molecular flexibility index (Phi) is 8.51. The molecule has 2 nitrogen and oxygen atoms in total. The molecule has 0 aromatic carbocycles. The van der Waals surface area contributed by atoms with Crippen LogP contribution in [0, 0.1) is 0 Å². The highest BCUT2D eigenvalue weighted by Gasteiger charge is 1.92. The van der Waals surface area contributed by atoms with Gasteiger partial charge in [-0.1, -0.05) is 25.4 Å². The zero-order valence-electron chi connectivity index (χ0n) is 8.77. The van der Waals surface area contributed by atoms with Gasteiger partial charge in [-0.3, -0.25) is 0 Å². The van der Waals surface area contributed by atoms with Crippen LogP contribution in [0.4, 0.5) is 0 Å². The number of ether oxygens (including phenoxy) is 1. The van der Waals surface area contributed by atoms with E-state index in [4.69, 9.17) is 16.3 Å².